The van der Waals surface area contributed by atoms with E-state index in [4.69, 9.17) is 5.73 Å². The minimum Gasteiger partial charge on any atom is -0.330 e. The van der Waals surface area contributed by atoms with Gasteiger partial charge in [-0.15, -0.1) is 0 Å². The zero-order valence-corrected chi connectivity index (χ0v) is 7.51. The number of hydrogen-bond acceptors (Lipinski definition) is 2. The molecule has 1 atom stereocenters. The molecule has 1 fully saturated rings. The number of piperidine rings is 1. The summed E-state index contributed by atoms with van der Waals surface area (Å²) in [6.07, 6.45) is 4.95. The first-order chi connectivity index (χ1) is 5.84. The van der Waals surface area contributed by atoms with E-state index in [-0.39, 0.29) is 0 Å². The first-order valence-electron chi connectivity index (χ1n) is 4.74. The average molecular weight is 173 g/mol. The molecule has 0 amide bonds. The highest BCUT2D eigenvalue weighted by Crippen LogP contribution is 2.17. The van der Waals surface area contributed by atoms with Crippen molar-refractivity contribution >= 4 is 0 Å². The fourth-order valence-electron chi connectivity index (χ4n) is 1.51. The number of halogens is 1. The number of likely N-dealkylation sites (tertiary alicyclic amines) is 1. The van der Waals surface area contributed by atoms with Crippen molar-refractivity contribution < 1.29 is 4.39 Å². The third-order valence-electron chi connectivity index (χ3n) is 2.28. The predicted octanol–water partition coefficient (Wildman–Crippen LogP) is 1.32. The summed E-state index contributed by atoms with van der Waals surface area (Å²) in [5.41, 5.74) is 5.36. The molecule has 1 heterocycles. The van der Waals surface area contributed by atoms with E-state index in [0.29, 0.717) is 6.42 Å². The van der Waals surface area contributed by atoms with Crippen molar-refractivity contribution in [1.29, 1.82) is 0 Å². The van der Waals surface area contributed by atoms with Crippen LogP contribution in [0.2, 0.25) is 0 Å². The molecule has 1 unspecified atom stereocenters. The molecule has 1 saturated heterocycles. The minimum absolute atomic E-state index is 0.600. The summed E-state index contributed by atoms with van der Waals surface area (Å²) in [5.74, 6) is 0. The molecule has 2 nitrogen and oxygen atoms in total. The van der Waals surface area contributed by atoms with E-state index in [1.54, 1.807) is 0 Å². The maximum absolute atomic E-state index is 13.1. The monoisotopic (exact) mass is 173 g/mol. The molecule has 1 aliphatic heterocycles. The Hall–Kier alpha value is -0.150. The van der Waals surface area contributed by atoms with Crippen molar-refractivity contribution in [1.82, 2.24) is 4.90 Å². The second-order valence-electron chi connectivity index (χ2n) is 3.28. The Bertz CT molecular complexity index is 119. The predicted molar refractivity (Wildman–Crippen MR) is 48.3 cm³/mol. The zero-order valence-electron chi connectivity index (χ0n) is 7.51. The van der Waals surface area contributed by atoms with Crippen LogP contribution in [0.3, 0.4) is 0 Å². The van der Waals surface area contributed by atoms with Crippen LogP contribution in [-0.4, -0.2) is 30.8 Å². The van der Waals surface area contributed by atoms with E-state index in [0.717, 1.165) is 38.9 Å². The van der Waals surface area contributed by atoms with Crippen LogP contribution < -0.4 is 5.73 Å². The smallest absolute Gasteiger partial charge is 0.153 e. The van der Waals surface area contributed by atoms with E-state index < -0.39 is 6.30 Å². The summed E-state index contributed by atoms with van der Waals surface area (Å²) < 4.78 is 13.1. The van der Waals surface area contributed by atoms with Crippen LogP contribution in [0.15, 0.2) is 0 Å². The number of nitrogens with two attached hydrogens (primary N) is 1. The average Bonchev–Trinajstić information content (AvgIpc) is 2.09. The molecule has 2 N–H and O–H groups in total. The number of rotatable bonds is 4. The molecule has 0 aliphatic carbocycles. The van der Waals surface area contributed by atoms with Crippen molar-refractivity contribution in [3.63, 3.8) is 0 Å². The van der Waals surface area contributed by atoms with Gasteiger partial charge in [0.1, 0.15) is 0 Å². The van der Waals surface area contributed by atoms with Gasteiger partial charge < -0.3 is 5.73 Å². The van der Waals surface area contributed by atoms with Gasteiger partial charge in [0.15, 0.2) is 6.30 Å². The lowest BCUT2D eigenvalue weighted by atomic mass is 10.1. The Morgan fingerprint density at radius 1 is 1.50 bits per heavy atom. The van der Waals surface area contributed by atoms with Gasteiger partial charge in [0, 0.05) is 13.1 Å². The number of alkyl halides is 1. The second kappa shape index (κ2) is 5.49. The number of unbranched alkanes of at least 4 members (excludes halogenated alkanes) is 1. The van der Waals surface area contributed by atoms with Gasteiger partial charge in [0.25, 0.3) is 0 Å². The van der Waals surface area contributed by atoms with Crippen molar-refractivity contribution in [3.05, 3.63) is 6.42 Å². The normalized spacial score (nSPS) is 26.0. The van der Waals surface area contributed by atoms with Crippen molar-refractivity contribution in [2.45, 2.75) is 32.0 Å². The molecule has 0 bridgehead atoms. The van der Waals surface area contributed by atoms with Gasteiger partial charge in [-0.2, -0.15) is 0 Å². The van der Waals surface area contributed by atoms with Crippen molar-refractivity contribution in [2.75, 3.05) is 19.6 Å². The quantitative estimate of drug-likeness (QED) is 0.513. The highest BCUT2D eigenvalue weighted by Gasteiger charge is 2.20. The van der Waals surface area contributed by atoms with Gasteiger partial charge in [0.2, 0.25) is 0 Å². The van der Waals surface area contributed by atoms with Crippen LogP contribution in [0.4, 0.5) is 4.39 Å². The third kappa shape index (κ3) is 3.07. The van der Waals surface area contributed by atoms with Crippen LogP contribution >= 0.6 is 0 Å². The van der Waals surface area contributed by atoms with E-state index in [9.17, 15) is 4.39 Å². The Kier molecular flexibility index (Phi) is 4.54. The van der Waals surface area contributed by atoms with Gasteiger partial charge in [-0.25, -0.2) is 4.39 Å². The van der Waals surface area contributed by atoms with Gasteiger partial charge in [0.05, 0.1) is 0 Å². The molecule has 3 heteroatoms. The number of hydrogen-bond donors (Lipinski definition) is 1. The topological polar surface area (TPSA) is 29.3 Å². The summed E-state index contributed by atoms with van der Waals surface area (Å²) in [6, 6.07) is 0. The summed E-state index contributed by atoms with van der Waals surface area (Å²) >= 11 is 0. The first-order valence-corrected chi connectivity index (χ1v) is 4.74. The van der Waals surface area contributed by atoms with Crippen LogP contribution in [-0.2, 0) is 0 Å². The summed E-state index contributed by atoms with van der Waals surface area (Å²) in [4.78, 5) is 1.91. The summed E-state index contributed by atoms with van der Waals surface area (Å²) in [6.45, 7) is 2.47. The van der Waals surface area contributed by atoms with Crippen LogP contribution in [0.1, 0.15) is 25.7 Å². The molecule has 71 valence electrons. The fourth-order valence-corrected chi connectivity index (χ4v) is 1.51. The van der Waals surface area contributed by atoms with Crippen molar-refractivity contribution in [2.24, 2.45) is 5.73 Å². The van der Waals surface area contributed by atoms with Crippen molar-refractivity contribution in [3.8, 4) is 0 Å². The van der Waals surface area contributed by atoms with E-state index in [1.165, 1.54) is 0 Å². The Labute approximate surface area is 73.9 Å². The lowest BCUT2D eigenvalue weighted by Crippen LogP contribution is -2.37. The molecule has 0 aromatic carbocycles. The maximum atomic E-state index is 13.1. The largest absolute Gasteiger partial charge is 0.330 e. The van der Waals surface area contributed by atoms with Gasteiger partial charge in [-0.1, -0.05) is 0 Å². The highest BCUT2D eigenvalue weighted by atomic mass is 19.1. The van der Waals surface area contributed by atoms with Crippen LogP contribution in [0, 0.1) is 6.42 Å². The number of nitrogens with zero attached hydrogens (tertiary/aromatic N) is 1. The summed E-state index contributed by atoms with van der Waals surface area (Å²) in [7, 11) is 0. The minimum atomic E-state index is -0.739. The third-order valence-corrected chi connectivity index (χ3v) is 2.28. The SMILES string of the molecule is NCCCCN1CC[CH]CC1F. The Morgan fingerprint density at radius 2 is 2.33 bits per heavy atom. The van der Waals surface area contributed by atoms with Gasteiger partial charge in [-0.3, -0.25) is 4.90 Å². The molecule has 1 rings (SSSR count). The Balaban J connectivity index is 2.11. The molecule has 0 saturated carbocycles. The molecule has 0 spiro atoms. The molecule has 0 aromatic heterocycles. The highest BCUT2D eigenvalue weighted by molar-refractivity contribution is 4.79. The maximum Gasteiger partial charge on any atom is 0.153 e. The lowest BCUT2D eigenvalue weighted by molar-refractivity contribution is 0.0628. The van der Waals surface area contributed by atoms with Gasteiger partial charge in [-0.05, 0) is 38.6 Å². The molecular weight excluding hydrogens is 155 g/mol. The van der Waals surface area contributed by atoms with E-state index >= 15 is 0 Å². The standard InChI is InChI=1S/C9H18FN2/c10-9-5-1-3-7-12(9)8-4-2-6-11/h1,9H,2-8,11H2. The van der Waals surface area contributed by atoms with Crippen LogP contribution in [0.5, 0.6) is 0 Å². The molecular formula is C9H18FN2. The zero-order chi connectivity index (χ0) is 8.81. The lowest BCUT2D eigenvalue weighted by Gasteiger charge is -2.29. The molecule has 1 aliphatic rings. The summed E-state index contributed by atoms with van der Waals surface area (Å²) in [5, 5.41) is 0. The molecule has 12 heavy (non-hydrogen) atoms. The van der Waals surface area contributed by atoms with E-state index in [2.05, 4.69) is 0 Å². The van der Waals surface area contributed by atoms with Gasteiger partial charge >= 0.3 is 0 Å². The first kappa shape index (κ1) is 9.93. The van der Waals surface area contributed by atoms with E-state index in [1.807, 2.05) is 11.3 Å². The fraction of sp³-hybridized carbons (Fsp3) is 0.889. The molecule has 1 radical (unpaired) electrons. The molecule has 0 aromatic rings. The Morgan fingerprint density at radius 3 is 3.00 bits per heavy atom. The second-order valence-corrected chi connectivity index (χ2v) is 3.28. The van der Waals surface area contributed by atoms with Crippen LogP contribution in [0.25, 0.3) is 0 Å².